The SMILES string of the molecule is O=C(c1ccccc1)[C@H](C(=O)C(F)(F)F)C12CC3CC(CC(C3)C1)C2. The fraction of sp³-hybridized carbons (Fsp3) is 0.600. The van der Waals surface area contributed by atoms with Crippen molar-refractivity contribution < 1.29 is 22.8 Å². The van der Waals surface area contributed by atoms with E-state index in [2.05, 4.69) is 0 Å². The highest BCUT2D eigenvalue weighted by Crippen LogP contribution is 2.63. The molecule has 0 aromatic heterocycles. The number of hydrogen-bond acceptors (Lipinski definition) is 2. The third kappa shape index (κ3) is 2.81. The number of carbonyl (C=O) groups is 2. The van der Waals surface area contributed by atoms with E-state index in [0.717, 1.165) is 19.3 Å². The summed E-state index contributed by atoms with van der Waals surface area (Å²) in [5.41, 5.74) is -0.588. The zero-order chi connectivity index (χ0) is 17.8. The zero-order valence-electron chi connectivity index (χ0n) is 13.9. The molecule has 1 aromatic rings. The molecule has 4 bridgehead atoms. The minimum atomic E-state index is -4.97. The Morgan fingerprint density at radius 2 is 1.40 bits per heavy atom. The number of halogens is 3. The summed E-state index contributed by atoms with van der Waals surface area (Å²) in [7, 11) is 0. The molecular weight excluding hydrogens is 329 g/mol. The molecule has 0 amide bonds. The lowest BCUT2D eigenvalue weighted by atomic mass is 9.45. The van der Waals surface area contributed by atoms with Crippen LogP contribution in [-0.2, 0) is 4.79 Å². The van der Waals surface area contributed by atoms with Gasteiger partial charge in [0.25, 0.3) is 0 Å². The van der Waals surface area contributed by atoms with Gasteiger partial charge in [0.05, 0.1) is 5.92 Å². The topological polar surface area (TPSA) is 34.1 Å². The predicted molar refractivity (Wildman–Crippen MR) is 85.9 cm³/mol. The lowest BCUT2D eigenvalue weighted by molar-refractivity contribution is -0.183. The lowest BCUT2D eigenvalue weighted by Crippen LogP contribution is -2.55. The molecule has 2 nitrogen and oxygen atoms in total. The van der Waals surface area contributed by atoms with Gasteiger partial charge in [0.15, 0.2) is 5.78 Å². The average molecular weight is 350 g/mol. The standard InChI is InChI=1S/C20H21F3O2/c21-20(22,23)18(25)16(17(24)15-4-2-1-3-5-15)19-9-12-6-13(10-19)8-14(7-12)11-19/h1-5,12-14,16H,6-11H2/t12?,13?,14?,16-,19?/m1/s1. The molecule has 25 heavy (non-hydrogen) atoms. The Morgan fingerprint density at radius 3 is 1.84 bits per heavy atom. The van der Waals surface area contributed by atoms with Gasteiger partial charge in [0.2, 0.25) is 5.78 Å². The van der Waals surface area contributed by atoms with Gasteiger partial charge in [-0.2, -0.15) is 13.2 Å². The van der Waals surface area contributed by atoms with E-state index in [1.807, 2.05) is 0 Å². The number of hydrogen-bond donors (Lipinski definition) is 0. The summed E-state index contributed by atoms with van der Waals surface area (Å²) in [5.74, 6) is -2.95. The Hall–Kier alpha value is -1.65. The second kappa shape index (κ2) is 5.68. The van der Waals surface area contributed by atoms with Gasteiger partial charge in [-0.05, 0) is 61.7 Å². The molecule has 0 unspecified atom stereocenters. The van der Waals surface area contributed by atoms with Gasteiger partial charge in [-0.1, -0.05) is 30.3 Å². The maximum Gasteiger partial charge on any atom is 0.450 e. The summed E-state index contributed by atoms with van der Waals surface area (Å²) >= 11 is 0. The number of benzene rings is 1. The predicted octanol–water partition coefficient (Wildman–Crippen LogP) is 4.83. The van der Waals surface area contributed by atoms with Crippen LogP contribution in [0.5, 0.6) is 0 Å². The number of carbonyl (C=O) groups excluding carboxylic acids is 2. The van der Waals surface area contributed by atoms with Gasteiger partial charge < -0.3 is 0 Å². The van der Waals surface area contributed by atoms with E-state index in [1.54, 1.807) is 18.2 Å². The number of alkyl halides is 3. The Balaban J connectivity index is 1.76. The Kier molecular flexibility index (Phi) is 3.82. The molecule has 134 valence electrons. The van der Waals surface area contributed by atoms with E-state index in [0.29, 0.717) is 37.0 Å². The van der Waals surface area contributed by atoms with E-state index in [1.165, 1.54) is 12.1 Å². The quantitative estimate of drug-likeness (QED) is 0.575. The van der Waals surface area contributed by atoms with E-state index < -0.39 is 29.1 Å². The molecule has 4 fully saturated rings. The molecule has 5 heteroatoms. The van der Waals surface area contributed by atoms with Crippen molar-refractivity contribution in [2.75, 3.05) is 0 Å². The fourth-order valence-electron chi connectivity index (χ4n) is 6.14. The summed E-state index contributed by atoms with van der Waals surface area (Å²) < 4.78 is 40.1. The molecule has 0 N–H and O–H groups in total. The first kappa shape index (κ1) is 16.8. The van der Waals surface area contributed by atoms with Gasteiger partial charge in [-0.25, -0.2) is 0 Å². The Labute approximate surface area is 144 Å². The van der Waals surface area contributed by atoms with Crippen LogP contribution in [-0.4, -0.2) is 17.7 Å². The summed E-state index contributed by atoms with van der Waals surface area (Å²) in [4.78, 5) is 25.4. The second-order valence-corrected chi connectivity index (χ2v) is 8.31. The van der Waals surface area contributed by atoms with Crippen molar-refractivity contribution in [3.05, 3.63) is 35.9 Å². The highest BCUT2D eigenvalue weighted by atomic mass is 19.4. The summed E-state index contributed by atoms with van der Waals surface area (Å²) in [5, 5.41) is 0. The summed E-state index contributed by atoms with van der Waals surface area (Å²) in [6.45, 7) is 0. The second-order valence-electron chi connectivity index (χ2n) is 8.31. The molecule has 1 aromatic carbocycles. The van der Waals surface area contributed by atoms with Crippen LogP contribution in [0.25, 0.3) is 0 Å². The molecule has 0 heterocycles. The third-order valence-electron chi connectivity index (χ3n) is 6.56. The van der Waals surface area contributed by atoms with Crippen LogP contribution in [0, 0.1) is 29.1 Å². The van der Waals surface area contributed by atoms with Crippen molar-refractivity contribution >= 4 is 11.6 Å². The van der Waals surface area contributed by atoms with E-state index in [-0.39, 0.29) is 5.56 Å². The molecule has 0 spiro atoms. The van der Waals surface area contributed by atoms with Crippen LogP contribution in [0.4, 0.5) is 13.2 Å². The minimum absolute atomic E-state index is 0.209. The monoisotopic (exact) mass is 350 g/mol. The van der Waals surface area contributed by atoms with E-state index >= 15 is 0 Å². The summed E-state index contributed by atoms with van der Waals surface area (Å²) in [6, 6.07) is 7.99. The van der Waals surface area contributed by atoms with Gasteiger partial charge in [0.1, 0.15) is 0 Å². The average Bonchev–Trinajstić information content (AvgIpc) is 2.53. The zero-order valence-corrected chi connectivity index (χ0v) is 13.9. The molecule has 4 aliphatic rings. The van der Waals surface area contributed by atoms with Crippen molar-refractivity contribution in [3.8, 4) is 0 Å². The number of ketones is 2. The van der Waals surface area contributed by atoms with Crippen LogP contribution in [0.15, 0.2) is 30.3 Å². The number of rotatable bonds is 4. The van der Waals surface area contributed by atoms with Crippen molar-refractivity contribution in [1.82, 2.24) is 0 Å². The first-order chi connectivity index (χ1) is 11.8. The fourth-order valence-corrected chi connectivity index (χ4v) is 6.14. The van der Waals surface area contributed by atoms with Crippen LogP contribution in [0.3, 0.4) is 0 Å². The van der Waals surface area contributed by atoms with Crippen LogP contribution in [0.1, 0.15) is 48.9 Å². The molecule has 0 aliphatic heterocycles. The minimum Gasteiger partial charge on any atom is -0.293 e. The first-order valence-electron chi connectivity index (χ1n) is 8.99. The normalized spacial score (nSPS) is 34.8. The van der Waals surface area contributed by atoms with Gasteiger partial charge in [-0.15, -0.1) is 0 Å². The van der Waals surface area contributed by atoms with E-state index in [9.17, 15) is 22.8 Å². The van der Waals surface area contributed by atoms with Gasteiger partial charge >= 0.3 is 6.18 Å². The molecule has 1 atom stereocenters. The molecule has 5 rings (SSSR count). The maximum absolute atomic E-state index is 13.4. The third-order valence-corrected chi connectivity index (χ3v) is 6.56. The lowest BCUT2D eigenvalue weighted by Gasteiger charge is -2.58. The molecule has 4 saturated carbocycles. The van der Waals surface area contributed by atoms with Crippen molar-refractivity contribution in [3.63, 3.8) is 0 Å². The molecular formula is C20H21F3O2. The van der Waals surface area contributed by atoms with Crippen LogP contribution >= 0.6 is 0 Å². The first-order valence-corrected chi connectivity index (χ1v) is 8.99. The summed E-state index contributed by atoms with van der Waals surface area (Å²) in [6.07, 6.45) is -0.0697. The van der Waals surface area contributed by atoms with Crippen molar-refractivity contribution in [2.24, 2.45) is 29.1 Å². The molecule has 4 aliphatic carbocycles. The van der Waals surface area contributed by atoms with Crippen LogP contribution in [0.2, 0.25) is 0 Å². The Bertz CT molecular complexity index is 657. The maximum atomic E-state index is 13.4. The van der Waals surface area contributed by atoms with E-state index in [4.69, 9.17) is 0 Å². The van der Waals surface area contributed by atoms with Crippen molar-refractivity contribution in [2.45, 2.75) is 44.7 Å². The Morgan fingerprint density at radius 1 is 0.920 bits per heavy atom. The van der Waals surface area contributed by atoms with Gasteiger partial charge in [-0.3, -0.25) is 9.59 Å². The molecule has 0 saturated heterocycles. The van der Waals surface area contributed by atoms with Crippen LogP contribution < -0.4 is 0 Å². The van der Waals surface area contributed by atoms with Gasteiger partial charge in [0, 0.05) is 5.56 Å². The van der Waals surface area contributed by atoms with Crippen molar-refractivity contribution in [1.29, 1.82) is 0 Å². The highest BCUT2D eigenvalue weighted by molar-refractivity contribution is 6.12. The number of Topliss-reactive ketones (excluding diaryl/α,β-unsaturated/α-hetero) is 2. The smallest absolute Gasteiger partial charge is 0.293 e. The largest absolute Gasteiger partial charge is 0.450 e. The highest BCUT2D eigenvalue weighted by Gasteiger charge is 2.61. The molecule has 0 radical (unpaired) electrons.